The van der Waals surface area contributed by atoms with Gasteiger partial charge in [0.25, 0.3) is 0 Å². The zero-order chi connectivity index (χ0) is 22.4. The zero-order valence-corrected chi connectivity index (χ0v) is 19.4. The highest BCUT2D eigenvalue weighted by Gasteiger charge is 2.21. The van der Waals surface area contributed by atoms with Crippen LogP contribution in [0, 0.1) is 0 Å². The van der Waals surface area contributed by atoms with Crippen LogP contribution < -0.4 is 20.3 Å². The van der Waals surface area contributed by atoms with Gasteiger partial charge < -0.3 is 25.4 Å². The van der Waals surface area contributed by atoms with Gasteiger partial charge >= 0.3 is 0 Å². The summed E-state index contributed by atoms with van der Waals surface area (Å²) in [7, 11) is 3.39. The molecular formula is C25H36N4O2. The van der Waals surface area contributed by atoms with Crippen molar-refractivity contribution in [2.75, 3.05) is 32.1 Å². The number of hydrogen-bond acceptors (Lipinski definition) is 4. The molecule has 0 saturated carbocycles. The Balaban J connectivity index is 1.50. The molecule has 6 heteroatoms. The van der Waals surface area contributed by atoms with Gasteiger partial charge in [-0.25, -0.2) is 0 Å². The summed E-state index contributed by atoms with van der Waals surface area (Å²) in [5, 5.41) is 16.9. The van der Waals surface area contributed by atoms with Gasteiger partial charge in [0.1, 0.15) is 11.5 Å². The summed E-state index contributed by atoms with van der Waals surface area (Å²) in [6, 6.07) is 14.6. The van der Waals surface area contributed by atoms with Gasteiger partial charge in [-0.1, -0.05) is 32.9 Å². The van der Waals surface area contributed by atoms with Crippen LogP contribution >= 0.6 is 0 Å². The molecule has 0 unspecified atom stereocenters. The number of benzene rings is 2. The number of nitrogens with one attached hydrogen (secondary N) is 2. The molecule has 6 nitrogen and oxygen atoms in total. The Labute approximate surface area is 186 Å². The molecule has 1 heterocycles. The van der Waals surface area contributed by atoms with Gasteiger partial charge in [-0.05, 0) is 54.2 Å². The number of nitrogens with zero attached hydrogens (tertiary/aromatic N) is 2. The number of anilines is 1. The average molecular weight is 425 g/mol. The van der Waals surface area contributed by atoms with Gasteiger partial charge in [-0.3, -0.25) is 4.99 Å². The number of phenols is 1. The zero-order valence-electron chi connectivity index (χ0n) is 19.4. The third kappa shape index (κ3) is 6.06. The summed E-state index contributed by atoms with van der Waals surface area (Å²) >= 11 is 0. The van der Waals surface area contributed by atoms with Crippen molar-refractivity contribution in [1.82, 2.24) is 10.6 Å². The highest BCUT2D eigenvalue weighted by atomic mass is 16.5. The summed E-state index contributed by atoms with van der Waals surface area (Å²) in [6.07, 6.45) is 2.10. The summed E-state index contributed by atoms with van der Waals surface area (Å²) in [5.74, 6) is 1.71. The Morgan fingerprint density at radius 1 is 1.13 bits per heavy atom. The van der Waals surface area contributed by atoms with E-state index in [-0.39, 0.29) is 11.2 Å². The maximum Gasteiger partial charge on any atom is 0.191 e. The highest BCUT2D eigenvalue weighted by Crippen LogP contribution is 2.26. The summed E-state index contributed by atoms with van der Waals surface area (Å²) in [5.41, 5.74) is 3.61. The van der Waals surface area contributed by atoms with E-state index < -0.39 is 0 Å². The Morgan fingerprint density at radius 3 is 2.39 bits per heavy atom. The van der Waals surface area contributed by atoms with Gasteiger partial charge in [0.2, 0.25) is 0 Å². The van der Waals surface area contributed by atoms with E-state index in [0.717, 1.165) is 43.2 Å². The molecule has 3 rings (SSSR count). The predicted octanol–water partition coefficient (Wildman–Crippen LogP) is 4.03. The largest absolute Gasteiger partial charge is 0.508 e. The monoisotopic (exact) mass is 424 g/mol. The normalized spacial score (nSPS) is 15.6. The van der Waals surface area contributed by atoms with Gasteiger partial charge in [0, 0.05) is 44.0 Å². The molecule has 1 aliphatic rings. The number of methoxy groups -OCH3 is 1. The second-order valence-corrected chi connectivity index (χ2v) is 9.12. The number of phenolic OH excluding ortho intramolecular Hbond substituents is 1. The van der Waals surface area contributed by atoms with Crippen LogP contribution in [0.25, 0.3) is 0 Å². The maximum atomic E-state index is 10.1. The van der Waals surface area contributed by atoms with Crippen LogP contribution in [0.2, 0.25) is 0 Å². The Kier molecular flexibility index (Phi) is 7.31. The fourth-order valence-corrected chi connectivity index (χ4v) is 3.85. The fourth-order valence-electron chi connectivity index (χ4n) is 3.85. The molecule has 1 fully saturated rings. The van der Waals surface area contributed by atoms with Crippen LogP contribution in [-0.4, -0.2) is 44.4 Å². The standard InChI is InChI=1S/C25H36N4O2/c1-25(2,3)19-6-8-21(9-7-19)29-14-12-20(13-15-29)28-24(26-4)27-17-18-16-22(31-5)10-11-23(18)30/h6-11,16,20,30H,12-15,17H2,1-5H3,(H2,26,27,28). The number of aromatic hydroxyl groups is 1. The molecule has 0 spiro atoms. The Bertz CT molecular complexity index is 879. The summed E-state index contributed by atoms with van der Waals surface area (Å²) < 4.78 is 5.24. The first-order chi connectivity index (χ1) is 14.8. The molecule has 2 aromatic carbocycles. The molecular weight excluding hydrogens is 388 g/mol. The van der Waals surface area contributed by atoms with Crippen molar-refractivity contribution in [2.24, 2.45) is 4.99 Å². The Morgan fingerprint density at radius 2 is 1.81 bits per heavy atom. The smallest absolute Gasteiger partial charge is 0.191 e. The third-order valence-electron chi connectivity index (χ3n) is 5.89. The van der Waals surface area contributed by atoms with E-state index in [4.69, 9.17) is 4.74 Å². The number of guanidine groups is 1. The molecule has 0 aromatic heterocycles. The summed E-state index contributed by atoms with van der Waals surface area (Å²) in [4.78, 5) is 6.80. The number of piperidine rings is 1. The van der Waals surface area contributed by atoms with Gasteiger partial charge in [-0.2, -0.15) is 0 Å². The SMILES string of the molecule is CN=C(NCc1cc(OC)ccc1O)NC1CCN(c2ccc(C(C)(C)C)cc2)CC1. The van der Waals surface area contributed by atoms with E-state index in [1.165, 1.54) is 11.3 Å². The van der Waals surface area contributed by atoms with E-state index in [9.17, 15) is 5.11 Å². The lowest BCUT2D eigenvalue weighted by molar-refractivity contribution is 0.410. The first-order valence-electron chi connectivity index (χ1n) is 11.0. The minimum absolute atomic E-state index is 0.181. The fraction of sp³-hybridized carbons (Fsp3) is 0.480. The lowest BCUT2D eigenvalue weighted by atomic mass is 9.87. The molecule has 1 aliphatic heterocycles. The molecule has 1 saturated heterocycles. The van der Waals surface area contributed by atoms with Crippen molar-refractivity contribution in [3.63, 3.8) is 0 Å². The lowest BCUT2D eigenvalue weighted by Gasteiger charge is -2.35. The van der Waals surface area contributed by atoms with Crippen LogP contribution in [0.1, 0.15) is 44.7 Å². The molecule has 0 bridgehead atoms. The van der Waals surface area contributed by atoms with E-state index in [1.54, 1.807) is 26.3 Å². The molecule has 2 aromatic rings. The highest BCUT2D eigenvalue weighted by molar-refractivity contribution is 5.80. The van der Waals surface area contributed by atoms with Gasteiger partial charge in [0.05, 0.1) is 7.11 Å². The van der Waals surface area contributed by atoms with Crippen molar-refractivity contribution in [1.29, 1.82) is 0 Å². The maximum absolute atomic E-state index is 10.1. The second-order valence-electron chi connectivity index (χ2n) is 9.12. The predicted molar refractivity (Wildman–Crippen MR) is 128 cm³/mol. The number of aliphatic imine (C=N–C) groups is 1. The minimum atomic E-state index is 0.181. The topological polar surface area (TPSA) is 69.1 Å². The quantitative estimate of drug-likeness (QED) is 0.499. The first kappa shape index (κ1) is 22.8. The van der Waals surface area contributed by atoms with E-state index >= 15 is 0 Å². The second kappa shape index (κ2) is 9.94. The molecule has 0 atom stereocenters. The molecule has 3 N–H and O–H groups in total. The van der Waals surface area contributed by atoms with E-state index in [1.807, 2.05) is 6.07 Å². The summed E-state index contributed by atoms with van der Waals surface area (Å²) in [6.45, 7) is 9.24. The Hall–Kier alpha value is -2.89. The van der Waals surface area contributed by atoms with Gasteiger partial charge in [-0.15, -0.1) is 0 Å². The van der Waals surface area contributed by atoms with Gasteiger partial charge in [0.15, 0.2) is 5.96 Å². The van der Waals surface area contributed by atoms with Crippen LogP contribution in [0.3, 0.4) is 0 Å². The van der Waals surface area contributed by atoms with Crippen molar-refractivity contribution in [3.05, 3.63) is 53.6 Å². The van der Waals surface area contributed by atoms with Crippen molar-refractivity contribution in [3.8, 4) is 11.5 Å². The molecule has 168 valence electrons. The number of hydrogen-bond donors (Lipinski definition) is 3. The van der Waals surface area contributed by atoms with Crippen molar-refractivity contribution in [2.45, 2.75) is 51.6 Å². The van der Waals surface area contributed by atoms with Crippen LogP contribution in [-0.2, 0) is 12.0 Å². The molecule has 0 amide bonds. The van der Waals surface area contributed by atoms with Crippen LogP contribution in [0.5, 0.6) is 11.5 Å². The third-order valence-corrected chi connectivity index (χ3v) is 5.89. The molecule has 31 heavy (non-hydrogen) atoms. The molecule has 0 aliphatic carbocycles. The van der Waals surface area contributed by atoms with Crippen LogP contribution in [0.4, 0.5) is 5.69 Å². The average Bonchev–Trinajstić information content (AvgIpc) is 2.77. The molecule has 0 radical (unpaired) electrons. The van der Waals surface area contributed by atoms with Crippen LogP contribution in [0.15, 0.2) is 47.5 Å². The number of ether oxygens (including phenoxy) is 1. The minimum Gasteiger partial charge on any atom is -0.508 e. The number of rotatable bonds is 5. The van der Waals surface area contributed by atoms with Crippen molar-refractivity contribution < 1.29 is 9.84 Å². The lowest BCUT2D eigenvalue weighted by Crippen LogP contribution is -2.48. The van der Waals surface area contributed by atoms with E-state index in [2.05, 4.69) is 65.6 Å². The van der Waals surface area contributed by atoms with E-state index in [0.29, 0.717) is 12.6 Å². The van der Waals surface area contributed by atoms with Crippen molar-refractivity contribution >= 4 is 11.6 Å². The first-order valence-corrected chi connectivity index (χ1v) is 11.0.